The standard InChI is InChI=1S/C29H27F4N5O3/c30-21-11-8-18(29(31,32)33)16-22(21)36-28(40)35-19-9-6-17(7-10-19)24-20-4-3-5-23(25(20)37-26(24)27(34)39)41-15-14-38-12-1-2-13-38/h3-11,16,37H,1-2,12-15H2,(H2,34,39)(H2,35,36,40). The maximum atomic E-state index is 14.0. The number of nitrogens with zero attached hydrogens (tertiary/aromatic N) is 1. The molecule has 0 radical (unpaired) electrons. The van der Waals surface area contributed by atoms with Gasteiger partial charge in [0.15, 0.2) is 0 Å². The van der Waals surface area contributed by atoms with E-state index >= 15 is 0 Å². The lowest BCUT2D eigenvalue weighted by Crippen LogP contribution is -2.25. The van der Waals surface area contributed by atoms with Gasteiger partial charge in [-0.15, -0.1) is 0 Å². The number of nitrogens with two attached hydrogens (primary N) is 1. The zero-order chi connectivity index (χ0) is 29.1. The van der Waals surface area contributed by atoms with Crippen molar-refractivity contribution in [3.63, 3.8) is 0 Å². The van der Waals surface area contributed by atoms with Gasteiger partial charge in [0.25, 0.3) is 5.91 Å². The molecule has 1 fully saturated rings. The molecule has 1 aromatic heterocycles. The number of nitrogens with one attached hydrogen (secondary N) is 3. The van der Waals surface area contributed by atoms with Crippen LogP contribution in [-0.2, 0) is 6.18 Å². The third kappa shape index (κ3) is 6.27. The van der Waals surface area contributed by atoms with E-state index in [-0.39, 0.29) is 11.4 Å². The maximum absolute atomic E-state index is 14.0. The molecule has 41 heavy (non-hydrogen) atoms. The van der Waals surface area contributed by atoms with Crippen molar-refractivity contribution in [2.45, 2.75) is 19.0 Å². The Morgan fingerprint density at radius 2 is 1.73 bits per heavy atom. The van der Waals surface area contributed by atoms with Gasteiger partial charge in [-0.2, -0.15) is 13.2 Å². The number of para-hydroxylation sites is 1. The summed E-state index contributed by atoms with van der Waals surface area (Å²) in [6.45, 7) is 3.41. The molecule has 8 nitrogen and oxygen atoms in total. The summed E-state index contributed by atoms with van der Waals surface area (Å²) in [7, 11) is 0. The molecule has 1 saturated heterocycles. The molecule has 3 amide bonds. The lowest BCUT2D eigenvalue weighted by atomic mass is 10.0. The van der Waals surface area contributed by atoms with E-state index in [1.54, 1.807) is 12.1 Å². The highest BCUT2D eigenvalue weighted by Crippen LogP contribution is 2.37. The minimum Gasteiger partial charge on any atom is -0.490 e. The number of fused-ring (bicyclic) bond motifs is 1. The van der Waals surface area contributed by atoms with Gasteiger partial charge in [-0.3, -0.25) is 9.69 Å². The summed E-state index contributed by atoms with van der Waals surface area (Å²) < 4.78 is 58.9. The molecular formula is C29H27F4N5O3. The van der Waals surface area contributed by atoms with Crippen molar-refractivity contribution < 1.29 is 31.9 Å². The van der Waals surface area contributed by atoms with Crippen molar-refractivity contribution in [2.75, 3.05) is 36.9 Å². The van der Waals surface area contributed by atoms with Gasteiger partial charge in [0, 0.05) is 23.2 Å². The molecule has 0 unspecified atom stereocenters. The van der Waals surface area contributed by atoms with E-state index in [0.717, 1.165) is 25.0 Å². The third-order valence-electron chi connectivity index (χ3n) is 6.88. The Morgan fingerprint density at radius 1 is 1.00 bits per heavy atom. The molecule has 0 spiro atoms. The monoisotopic (exact) mass is 569 g/mol. The number of aromatic nitrogens is 1. The number of carbonyl (C=O) groups excluding carboxylic acids is 2. The number of carbonyl (C=O) groups is 2. The van der Waals surface area contributed by atoms with E-state index in [1.165, 1.54) is 25.0 Å². The fourth-order valence-corrected chi connectivity index (χ4v) is 4.89. The highest BCUT2D eigenvalue weighted by molar-refractivity contribution is 6.10. The molecule has 12 heteroatoms. The first kappa shape index (κ1) is 28.0. The lowest BCUT2D eigenvalue weighted by molar-refractivity contribution is -0.137. The van der Waals surface area contributed by atoms with Crippen LogP contribution in [0.15, 0.2) is 60.7 Å². The van der Waals surface area contributed by atoms with Gasteiger partial charge in [-0.25, -0.2) is 9.18 Å². The second-order valence-corrected chi connectivity index (χ2v) is 9.66. The summed E-state index contributed by atoms with van der Waals surface area (Å²) in [5, 5.41) is 5.27. The molecule has 2 heterocycles. The predicted octanol–water partition coefficient (Wildman–Crippen LogP) is 6.21. The number of rotatable bonds is 8. The Hall–Kier alpha value is -4.58. The number of urea groups is 1. The van der Waals surface area contributed by atoms with Crippen LogP contribution in [0.3, 0.4) is 0 Å². The molecule has 0 aliphatic carbocycles. The average Bonchev–Trinajstić information content (AvgIpc) is 3.58. The number of H-pyrrole nitrogens is 1. The molecule has 1 aliphatic heterocycles. The maximum Gasteiger partial charge on any atom is 0.416 e. The van der Waals surface area contributed by atoms with Gasteiger partial charge in [0.05, 0.1) is 16.8 Å². The van der Waals surface area contributed by atoms with Crippen molar-refractivity contribution in [2.24, 2.45) is 5.73 Å². The minimum atomic E-state index is -4.69. The molecular weight excluding hydrogens is 542 g/mol. The van der Waals surface area contributed by atoms with E-state index in [0.29, 0.717) is 47.2 Å². The number of halogens is 4. The molecule has 214 valence electrons. The molecule has 0 atom stereocenters. The fraction of sp³-hybridized carbons (Fsp3) is 0.241. The number of anilines is 2. The van der Waals surface area contributed by atoms with Crippen molar-refractivity contribution >= 4 is 34.2 Å². The normalized spacial score (nSPS) is 13.9. The van der Waals surface area contributed by atoms with Crippen LogP contribution in [0.25, 0.3) is 22.0 Å². The number of amides is 3. The van der Waals surface area contributed by atoms with E-state index in [1.807, 2.05) is 18.2 Å². The van der Waals surface area contributed by atoms with Crippen molar-refractivity contribution in [1.29, 1.82) is 0 Å². The Bertz CT molecular complexity index is 1580. The molecule has 0 bridgehead atoms. The van der Waals surface area contributed by atoms with Crippen molar-refractivity contribution in [1.82, 2.24) is 9.88 Å². The van der Waals surface area contributed by atoms with Gasteiger partial charge in [0.2, 0.25) is 0 Å². The van der Waals surface area contributed by atoms with Crippen molar-refractivity contribution in [3.8, 4) is 16.9 Å². The van der Waals surface area contributed by atoms with Crippen molar-refractivity contribution in [3.05, 3.63) is 77.7 Å². The van der Waals surface area contributed by atoms with Gasteiger partial charge in [0.1, 0.15) is 23.9 Å². The first-order valence-electron chi connectivity index (χ1n) is 12.9. The Morgan fingerprint density at radius 3 is 2.41 bits per heavy atom. The van der Waals surface area contributed by atoms with E-state index in [4.69, 9.17) is 10.5 Å². The second-order valence-electron chi connectivity index (χ2n) is 9.66. The van der Waals surface area contributed by atoms with Crippen LogP contribution in [0.5, 0.6) is 5.75 Å². The number of aromatic amines is 1. The van der Waals surface area contributed by atoms with Crippen LogP contribution in [0, 0.1) is 5.82 Å². The average molecular weight is 570 g/mol. The number of ether oxygens (including phenoxy) is 1. The van der Waals surface area contributed by atoms with Crippen LogP contribution < -0.4 is 21.1 Å². The number of hydrogen-bond acceptors (Lipinski definition) is 4. The van der Waals surface area contributed by atoms with Crippen LogP contribution in [0.1, 0.15) is 28.9 Å². The largest absolute Gasteiger partial charge is 0.490 e. The molecule has 5 rings (SSSR count). The van der Waals surface area contributed by atoms with Gasteiger partial charge in [-0.05, 0) is 67.9 Å². The smallest absolute Gasteiger partial charge is 0.416 e. The summed E-state index contributed by atoms with van der Waals surface area (Å²) >= 11 is 0. The molecule has 5 N–H and O–H groups in total. The summed E-state index contributed by atoms with van der Waals surface area (Å²) in [4.78, 5) is 30.2. The number of likely N-dealkylation sites (tertiary alicyclic amines) is 1. The Kier molecular flexibility index (Phi) is 7.84. The topological polar surface area (TPSA) is 112 Å². The van der Waals surface area contributed by atoms with E-state index in [2.05, 4.69) is 20.5 Å². The number of hydrogen-bond donors (Lipinski definition) is 4. The quantitative estimate of drug-likeness (QED) is 0.189. The van der Waals surface area contributed by atoms with E-state index in [9.17, 15) is 27.2 Å². The first-order chi connectivity index (χ1) is 19.6. The summed E-state index contributed by atoms with van der Waals surface area (Å²) in [6, 6.07) is 12.7. The summed E-state index contributed by atoms with van der Waals surface area (Å²) in [6.07, 6.45) is -2.32. The van der Waals surface area contributed by atoms with Gasteiger partial charge in [-0.1, -0.05) is 24.3 Å². The van der Waals surface area contributed by atoms with Crippen LogP contribution in [0.4, 0.5) is 33.7 Å². The SMILES string of the molecule is NC(=O)c1[nH]c2c(OCCN3CCCC3)cccc2c1-c1ccc(NC(=O)Nc2cc(C(F)(F)F)ccc2F)cc1. The highest BCUT2D eigenvalue weighted by Gasteiger charge is 2.31. The number of benzene rings is 3. The zero-order valence-corrected chi connectivity index (χ0v) is 21.8. The number of primary amides is 1. The van der Waals surface area contributed by atoms with Crippen LogP contribution >= 0.6 is 0 Å². The highest BCUT2D eigenvalue weighted by atomic mass is 19.4. The zero-order valence-electron chi connectivity index (χ0n) is 21.8. The van der Waals surface area contributed by atoms with Crippen LogP contribution in [0.2, 0.25) is 0 Å². The molecule has 3 aromatic carbocycles. The fourth-order valence-electron chi connectivity index (χ4n) is 4.89. The second kappa shape index (κ2) is 11.5. The molecule has 1 aliphatic rings. The lowest BCUT2D eigenvalue weighted by Gasteiger charge is -2.15. The summed E-state index contributed by atoms with van der Waals surface area (Å²) in [5.41, 5.74) is 6.25. The first-order valence-corrected chi connectivity index (χ1v) is 12.9. The predicted molar refractivity (Wildman–Crippen MR) is 147 cm³/mol. The minimum absolute atomic E-state index is 0.189. The molecule has 4 aromatic rings. The third-order valence-corrected chi connectivity index (χ3v) is 6.88. The van der Waals surface area contributed by atoms with Gasteiger partial charge < -0.3 is 26.1 Å². The molecule has 0 saturated carbocycles. The summed E-state index contributed by atoms with van der Waals surface area (Å²) in [5.74, 6) is -1.09. The Balaban J connectivity index is 1.33. The Labute approximate surface area is 232 Å². The van der Waals surface area contributed by atoms with E-state index < -0.39 is 35.2 Å². The van der Waals surface area contributed by atoms with Gasteiger partial charge >= 0.3 is 12.2 Å². The number of alkyl halides is 3. The van der Waals surface area contributed by atoms with Crippen LogP contribution in [-0.4, -0.2) is 48.1 Å².